The van der Waals surface area contributed by atoms with Crippen LogP contribution >= 0.6 is 0 Å². The van der Waals surface area contributed by atoms with Crippen molar-refractivity contribution < 1.29 is 18.9 Å². The molecule has 3 aliphatic heterocycles. The van der Waals surface area contributed by atoms with Gasteiger partial charge in [-0.3, -0.25) is 9.00 Å². The molecule has 3 aliphatic rings. The molecule has 2 N–H and O–H groups in total. The smallest absolute Gasteiger partial charge is 0.318 e. The van der Waals surface area contributed by atoms with Crippen LogP contribution in [-0.4, -0.2) is 55.8 Å². The summed E-state index contributed by atoms with van der Waals surface area (Å²) < 4.78 is 11.3. The van der Waals surface area contributed by atoms with Crippen molar-refractivity contribution in [3.8, 4) is 0 Å². The van der Waals surface area contributed by atoms with Crippen LogP contribution in [0.2, 0.25) is 0 Å². The molecule has 3 unspecified atom stereocenters. The summed E-state index contributed by atoms with van der Waals surface area (Å²) >= 11 is 0. The van der Waals surface area contributed by atoms with Gasteiger partial charge >= 0.3 is 12.0 Å². The lowest BCUT2D eigenvalue weighted by molar-refractivity contribution is -0.142. The summed E-state index contributed by atoms with van der Waals surface area (Å²) in [4.78, 5) is 25.3. The zero-order valence-corrected chi connectivity index (χ0v) is 12.1. The van der Waals surface area contributed by atoms with E-state index in [0.717, 1.165) is 25.7 Å². The van der Waals surface area contributed by atoms with Gasteiger partial charge in [-0.05, 0) is 32.1 Å². The van der Waals surface area contributed by atoms with E-state index in [0.29, 0.717) is 17.9 Å². The molecular weight excluding hydrogens is 280 g/mol. The first kappa shape index (κ1) is 13.9. The number of amides is 2. The highest BCUT2D eigenvalue weighted by atomic mass is 32.2. The topological polar surface area (TPSA) is 86.7 Å². The fourth-order valence-electron chi connectivity index (χ4n) is 3.76. The van der Waals surface area contributed by atoms with Crippen molar-refractivity contribution >= 4 is 22.8 Å². The second kappa shape index (κ2) is 5.35. The summed E-state index contributed by atoms with van der Waals surface area (Å²) in [6.07, 6.45) is 3.80. The van der Waals surface area contributed by atoms with Crippen LogP contribution in [0.4, 0.5) is 4.79 Å². The summed E-state index contributed by atoms with van der Waals surface area (Å²) in [5.74, 6) is 0.104. The predicted octanol–water partition coefficient (Wildman–Crippen LogP) is 0.545. The largest absolute Gasteiger partial charge is 0.481 e. The van der Waals surface area contributed by atoms with E-state index in [1.807, 2.05) is 0 Å². The first-order valence-corrected chi connectivity index (χ1v) is 8.71. The quantitative estimate of drug-likeness (QED) is 0.779. The molecule has 7 heteroatoms. The van der Waals surface area contributed by atoms with Crippen molar-refractivity contribution in [1.82, 2.24) is 10.2 Å². The van der Waals surface area contributed by atoms with Gasteiger partial charge in [0.1, 0.15) is 0 Å². The monoisotopic (exact) mass is 300 g/mol. The minimum absolute atomic E-state index is 0.0822. The zero-order chi connectivity index (χ0) is 14.3. The van der Waals surface area contributed by atoms with E-state index in [9.17, 15) is 18.9 Å². The Labute approximate surface area is 120 Å². The Bertz CT molecular complexity index is 446. The van der Waals surface area contributed by atoms with Crippen LogP contribution in [0.5, 0.6) is 0 Å². The fraction of sp³-hybridized carbons (Fsp3) is 0.846. The van der Waals surface area contributed by atoms with Crippen molar-refractivity contribution in [3.05, 3.63) is 0 Å². The molecule has 0 saturated carbocycles. The lowest BCUT2D eigenvalue weighted by Gasteiger charge is -2.28. The van der Waals surface area contributed by atoms with Crippen molar-refractivity contribution in [3.63, 3.8) is 0 Å². The Hall–Kier alpha value is -1.11. The molecule has 0 aliphatic carbocycles. The zero-order valence-electron chi connectivity index (χ0n) is 11.3. The average Bonchev–Trinajstić information content (AvgIpc) is 2.99. The number of fused-ring (bicyclic) bond motifs is 2. The second-order valence-electron chi connectivity index (χ2n) is 5.96. The lowest BCUT2D eigenvalue weighted by Crippen LogP contribution is -2.49. The Morgan fingerprint density at radius 1 is 1.15 bits per heavy atom. The molecule has 0 spiro atoms. The third kappa shape index (κ3) is 2.43. The molecule has 2 amide bonds. The number of carboxylic acid groups (broad SMARTS) is 1. The molecule has 112 valence electrons. The highest BCUT2D eigenvalue weighted by Crippen LogP contribution is 2.41. The van der Waals surface area contributed by atoms with E-state index in [4.69, 9.17) is 0 Å². The van der Waals surface area contributed by atoms with Gasteiger partial charge in [0.15, 0.2) is 0 Å². The Balaban J connectivity index is 1.61. The van der Waals surface area contributed by atoms with Crippen molar-refractivity contribution in [2.45, 2.75) is 50.2 Å². The van der Waals surface area contributed by atoms with Gasteiger partial charge in [0.05, 0.1) is 5.92 Å². The fourth-order valence-corrected chi connectivity index (χ4v) is 5.06. The van der Waals surface area contributed by atoms with Crippen molar-refractivity contribution in [2.24, 2.45) is 5.92 Å². The molecule has 3 fully saturated rings. The molecule has 6 nitrogen and oxygen atoms in total. The minimum atomic E-state index is -0.789. The molecule has 0 aromatic rings. The van der Waals surface area contributed by atoms with E-state index in [-0.39, 0.29) is 24.2 Å². The highest BCUT2D eigenvalue weighted by molar-refractivity contribution is 7.85. The SMILES string of the molecule is O=C(O)C1CC2CCC1N2C(=O)NC1CCS(=O)CC1. The molecule has 3 atom stereocenters. The molecule has 20 heavy (non-hydrogen) atoms. The van der Waals surface area contributed by atoms with Gasteiger partial charge in [-0.1, -0.05) is 0 Å². The number of aliphatic carboxylic acids is 1. The predicted molar refractivity (Wildman–Crippen MR) is 73.8 cm³/mol. The number of urea groups is 1. The maximum atomic E-state index is 12.4. The number of nitrogens with one attached hydrogen (secondary N) is 1. The average molecular weight is 300 g/mol. The maximum Gasteiger partial charge on any atom is 0.318 e. The summed E-state index contributed by atoms with van der Waals surface area (Å²) in [7, 11) is -0.734. The van der Waals surface area contributed by atoms with Gasteiger partial charge in [-0.2, -0.15) is 0 Å². The number of hydrogen-bond acceptors (Lipinski definition) is 3. The Morgan fingerprint density at radius 3 is 2.45 bits per heavy atom. The maximum absolute atomic E-state index is 12.4. The van der Waals surface area contributed by atoms with Crippen LogP contribution < -0.4 is 5.32 Å². The molecular formula is C13H20N2O4S. The van der Waals surface area contributed by atoms with E-state index in [1.54, 1.807) is 4.90 Å². The van der Waals surface area contributed by atoms with E-state index in [1.165, 1.54) is 0 Å². The number of carbonyl (C=O) groups excluding carboxylic acids is 1. The van der Waals surface area contributed by atoms with Crippen LogP contribution in [0.1, 0.15) is 32.1 Å². The van der Waals surface area contributed by atoms with E-state index < -0.39 is 22.7 Å². The molecule has 0 aromatic carbocycles. The highest BCUT2D eigenvalue weighted by Gasteiger charge is 2.51. The van der Waals surface area contributed by atoms with Crippen molar-refractivity contribution in [1.29, 1.82) is 0 Å². The molecule has 3 rings (SSSR count). The summed E-state index contributed by atoms with van der Waals surface area (Å²) in [5.41, 5.74) is 0. The van der Waals surface area contributed by atoms with Gasteiger partial charge < -0.3 is 15.3 Å². The van der Waals surface area contributed by atoms with Gasteiger partial charge in [0, 0.05) is 40.4 Å². The number of nitrogens with zero attached hydrogens (tertiary/aromatic N) is 1. The van der Waals surface area contributed by atoms with Crippen LogP contribution in [0, 0.1) is 5.92 Å². The lowest BCUT2D eigenvalue weighted by atomic mass is 9.89. The number of rotatable bonds is 2. The summed E-state index contributed by atoms with van der Waals surface area (Å²) in [6, 6.07) is -0.101. The van der Waals surface area contributed by atoms with E-state index >= 15 is 0 Å². The Morgan fingerprint density at radius 2 is 1.85 bits per heavy atom. The summed E-state index contributed by atoms with van der Waals surface area (Å²) in [5, 5.41) is 12.2. The van der Waals surface area contributed by atoms with Crippen molar-refractivity contribution in [2.75, 3.05) is 11.5 Å². The normalized spacial score (nSPS) is 39.8. The third-order valence-electron chi connectivity index (χ3n) is 4.80. The first-order chi connectivity index (χ1) is 9.56. The number of carbonyl (C=O) groups is 2. The van der Waals surface area contributed by atoms with Crippen LogP contribution in [-0.2, 0) is 15.6 Å². The van der Waals surface area contributed by atoms with Crippen LogP contribution in [0.15, 0.2) is 0 Å². The standard InChI is InChI=1S/C13H20N2O4S/c16-12(17)10-7-9-1-2-11(10)15(9)13(18)14-8-3-5-20(19)6-4-8/h8-11H,1-7H2,(H,14,18)(H,16,17). The first-order valence-electron chi connectivity index (χ1n) is 7.23. The third-order valence-corrected chi connectivity index (χ3v) is 6.19. The van der Waals surface area contributed by atoms with Gasteiger partial charge in [0.25, 0.3) is 0 Å². The van der Waals surface area contributed by atoms with Crippen LogP contribution in [0.25, 0.3) is 0 Å². The van der Waals surface area contributed by atoms with Gasteiger partial charge in [-0.15, -0.1) is 0 Å². The van der Waals surface area contributed by atoms with Gasteiger partial charge in [0.2, 0.25) is 0 Å². The second-order valence-corrected chi connectivity index (χ2v) is 7.65. The van der Waals surface area contributed by atoms with Gasteiger partial charge in [-0.25, -0.2) is 4.79 Å². The summed E-state index contributed by atoms with van der Waals surface area (Å²) in [6.45, 7) is 0. The molecule has 2 bridgehead atoms. The number of carboxylic acids is 1. The minimum Gasteiger partial charge on any atom is -0.481 e. The van der Waals surface area contributed by atoms with Crippen LogP contribution in [0.3, 0.4) is 0 Å². The molecule has 3 saturated heterocycles. The molecule has 3 heterocycles. The number of hydrogen-bond donors (Lipinski definition) is 2. The Kier molecular flexibility index (Phi) is 3.70. The molecule has 0 radical (unpaired) electrons. The van der Waals surface area contributed by atoms with E-state index in [2.05, 4.69) is 5.32 Å². The molecule has 0 aromatic heterocycles.